The lowest BCUT2D eigenvalue weighted by Gasteiger charge is -2.03. The second-order valence-electron chi connectivity index (χ2n) is 5.18. The summed E-state index contributed by atoms with van der Waals surface area (Å²) in [6, 6.07) is 7.27. The summed E-state index contributed by atoms with van der Waals surface area (Å²) in [6.45, 7) is 0. The molecule has 2 aromatic carbocycles. The second kappa shape index (κ2) is 7.89. The molecule has 0 bridgehead atoms. The Balaban J connectivity index is 1.96. The number of nitrogens with zero attached hydrogens (tertiary/aromatic N) is 2. The molecule has 0 saturated carbocycles. The SMILES string of the molecule is O=C1NC(=Nc2cccc(Cl)c2Cl)S/C1=C/c1cc([N+](=O)[O-])cc(Br)c1O. The molecule has 0 atom stereocenters. The van der Waals surface area contributed by atoms with Crippen molar-refractivity contribution in [3.63, 3.8) is 0 Å². The van der Waals surface area contributed by atoms with Gasteiger partial charge in [-0.3, -0.25) is 14.9 Å². The minimum Gasteiger partial charge on any atom is -0.506 e. The highest BCUT2D eigenvalue weighted by Gasteiger charge is 2.25. The van der Waals surface area contributed by atoms with Crippen LogP contribution in [0.3, 0.4) is 0 Å². The fraction of sp³-hybridized carbons (Fsp3) is 0. The average Bonchev–Trinajstić information content (AvgIpc) is 2.95. The number of benzene rings is 2. The quantitative estimate of drug-likeness (QED) is 0.348. The standard InChI is InChI=1S/C16H8BrCl2N3O4S/c17-9-6-8(22(25)26)4-7(14(9)23)5-12-15(24)21-16(27-12)20-11-3-1-2-10(18)13(11)19/h1-6,23H,(H,20,21,24)/b12-5+. The number of halogens is 3. The zero-order chi connectivity index (χ0) is 19.7. The van der Waals surface area contributed by atoms with Crippen LogP contribution in [0.4, 0.5) is 11.4 Å². The van der Waals surface area contributed by atoms with E-state index in [-0.39, 0.29) is 36.6 Å². The van der Waals surface area contributed by atoms with Gasteiger partial charge in [0.05, 0.1) is 30.0 Å². The molecule has 2 N–H and O–H groups in total. The van der Waals surface area contributed by atoms with Gasteiger partial charge in [0.15, 0.2) is 5.17 Å². The Bertz CT molecular complexity index is 1040. The largest absolute Gasteiger partial charge is 0.506 e. The van der Waals surface area contributed by atoms with E-state index in [9.17, 15) is 20.0 Å². The monoisotopic (exact) mass is 487 g/mol. The van der Waals surface area contributed by atoms with Crippen molar-refractivity contribution in [1.29, 1.82) is 0 Å². The number of aliphatic imine (C=N–C) groups is 1. The molecule has 138 valence electrons. The van der Waals surface area contributed by atoms with Gasteiger partial charge in [0.1, 0.15) is 5.75 Å². The molecule has 2 aromatic rings. The van der Waals surface area contributed by atoms with Crippen molar-refractivity contribution >= 4 is 79.4 Å². The molecule has 1 aliphatic heterocycles. The Morgan fingerprint density at radius 1 is 1.33 bits per heavy atom. The van der Waals surface area contributed by atoms with E-state index >= 15 is 0 Å². The van der Waals surface area contributed by atoms with E-state index in [1.165, 1.54) is 18.2 Å². The van der Waals surface area contributed by atoms with Gasteiger partial charge in [0.25, 0.3) is 11.6 Å². The van der Waals surface area contributed by atoms with Crippen LogP contribution in [0.25, 0.3) is 6.08 Å². The number of phenols is 1. The molecule has 11 heteroatoms. The number of phenolic OH excluding ortho intramolecular Hbond substituents is 1. The summed E-state index contributed by atoms with van der Waals surface area (Å²) in [7, 11) is 0. The van der Waals surface area contributed by atoms with Crippen LogP contribution in [-0.4, -0.2) is 21.1 Å². The van der Waals surface area contributed by atoms with Crippen molar-refractivity contribution in [2.24, 2.45) is 4.99 Å². The number of thioether (sulfide) groups is 1. The van der Waals surface area contributed by atoms with Gasteiger partial charge in [0.2, 0.25) is 0 Å². The molecule has 1 saturated heterocycles. The fourth-order valence-electron chi connectivity index (χ4n) is 2.13. The van der Waals surface area contributed by atoms with E-state index in [1.807, 2.05) is 0 Å². The Hall–Kier alpha value is -2.07. The topological polar surface area (TPSA) is 105 Å². The molecule has 0 aromatic heterocycles. The summed E-state index contributed by atoms with van der Waals surface area (Å²) in [5, 5.41) is 24.5. The predicted octanol–water partition coefficient (Wildman–Crippen LogP) is 5.26. The molecule has 7 nitrogen and oxygen atoms in total. The van der Waals surface area contributed by atoms with Gasteiger partial charge >= 0.3 is 0 Å². The number of carbonyl (C=O) groups excluding carboxylic acids is 1. The number of non-ortho nitro benzene ring substituents is 1. The van der Waals surface area contributed by atoms with Crippen LogP contribution < -0.4 is 5.32 Å². The number of hydrogen-bond donors (Lipinski definition) is 2. The van der Waals surface area contributed by atoms with Gasteiger partial charge in [-0.05, 0) is 45.9 Å². The lowest BCUT2D eigenvalue weighted by molar-refractivity contribution is -0.385. The Kier molecular flexibility index (Phi) is 5.75. The Morgan fingerprint density at radius 3 is 2.78 bits per heavy atom. The number of nitro benzene ring substituents is 1. The first-order chi connectivity index (χ1) is 12.8. The summed E-state index contributed by atoms with van der Waals surface area (Å²) in [5.41, 5.74) is 0.277. The lowest BCUT2D eigenvalue weighted by atomic mass is 10.1. The molecule has 0 spiro atoms. The number of carbonyl (C=O) groups is 1. The van der Waals surface area contributed by atoms with Crippen LogP contribution in [0.15, 0.2) is 44.7 Å². The summed E-state index contributed by atoms with van der Waals surface area (Å²) < 4.78 is 0.145. The number of nitrogens with one attached hydrogen (secondary N) is 1. The maximum absolute atomic E-state index is 12.2. The van der Waals surface area contributed by atoms with E-state index < -0.39 is 10.8 Å². The predicted molar refractivity (Wildman–Crippen MR) is 110 cm³/mol. The van der Waals surface area contributed by atoms with Crippen LogP contribution in [0.2, 0.25) is 10.0 Å². The van der Waals surface area contributed by atoms with Crippen molar-refractivity contribution in [3.05, 3.63) is 65.4 Å². The molecule has 0 aliphatic carbocycles. The number of aromatic hydroxyl groups is 1. The lowest BCUT2D eigenvalue weighted by Crippen LogP contribution is -2.19. The summed E-state index contributed by atoms with van der Waals surface area (Å²) >= 11 is 16.1. The maximum Gasteiger partial charge on any atom is 0.271 e. The first kappa shape index (κ1) is 19.7. The number of hydrogen-bond acceptors (Lipinski definition) is 6. The highest BCUT2D eigenvalue weighted by Crippen LogP contribution is 2.37. The van der Waals surface area contributed by atoms with Crippen LogP contribution in [0, 0.1) is 10.1 Å². The molecule has 1 fully saturated rings. The van der Waals surface area contributed by atoms with Crippen LogP contribution >= 0.6 is 50.9 Å². The summed E-state index contributed by atoms with van der Waals surface area (Å²) in [5.74, 6) is -0.677. The Labute approximate surface area is 175 Å². The molecule has 27 heavy (non-hydrogen) atoms. The first-order valence-electron chi connectivity index (χ1n) is 7.16. The molecule has 1 amide bonds. The van der Waals surface area contributed by atoms with E-state index in [4.69, 9.17) is 23.2 Å². The molecule has 1 aliphatic rings. The zero-order valence-electron chi connectivity index (χ0n) is 13.1. The molecule has 1 heterocycles. The van der Waals surface area contributed by atoms with Crippen LogP contribution in [0.5, 0.6) is 5.75 Å². The second-order valence-corrected chi connectivity index (χ2v) is 7.85. The van der Waals surface area contributed by atoms with Gasteiger partial charge in [0, 0.05) is 17.7 Å². The molecular weight excluding hydrogens is 481 g/mol. The summed E-state index contributed by atoms with van der Waals surface area (Å²) in [4.78, 5) is 27.0. The van der Waals surface area contributed by atoms with Gasteiger partial charge in [-0.1, -0.05) is 29.3 Å². The van der Waals surface area contributed by atoms with Gasteiger partial charge in [-0.25, -0.2) is 4.99 Å². The fourth-order valence-corrected chi connectivity index (χ4v) is 3.76. The highest BCUT2D eigenvalue weighted by atomic mass is 79.9. The third kappa shape index (κ3) is 4.27. The van der Waals surface area contributed by atoms with E-state index in [0.29, 0.717) is 10.7 Å². The summed E-state index contributed by atoms with van der Waals surface area (Å²) in [6.07, 6.45) is 1.34. The molecular formula is C16H8BrCl2N3O4S. The minimum absolute atomic E-state index is 0.121. The number of amidine groups is 1. The van der Waals surface area contributed by atoms with Crippen molar-refractivity contribution < 1.29 is 14.8 Å². The third-order valence-electron chi connectivity index (χ3n) is 3.38. The number of nitro groups is 1. The normalized spacial score (nSPS) is 16.8. The van der Waals surface area contributed by atoms with Crippen molar-refractivity contribution in [1.82, 2.24) is 5.32 Å². The maximum atomic E-state index is 12.2. The van der Waals surface area contributed by atoms with E-state index in [0.717, 1.165) is 11.8 Å². The van der Waals surface area contributed by atoms with Crippen molar-refractivity contribution in [2.75, 3.05) is 0 Å². The first-order valence-corrected chi connectivity index (χ1v) is 9.53. The number of rotatable bonds is 3. The molecule has 0 unspecified atom stereocenters. The van der Waals surface area contributed by atoms with Gasteiger partial charge in [-0.15, -0.1) is 0 Å². The Morgan fingerprint density at radius 2 is 2.07 bits per heavy atom. The highest BCUT2D eigenvalue weighted by molar-refractivity contribution is 9.10. The van der Waals surface area contributed by atoms with E-state index in [1.54, 1.807) is 18.2 Å². The smallest absolute Gasteiger partial charge is 0.271 e. The van der Waals surface area contributed by atoms with Crippen molar-refractivity contribution in [3.8, 4) is 5.75 Å². The van der Waals surface area contributed by atoms with Crippen LogP contribution in [-0.2, 0) is 4.79 Å². The number of amides is 1. The average molecular weight is 489 g/mol. The third-order valence-corrected chi connectivity index (χ3v) is 5.70. The van der Waals surface area contributed by atoms with Crippen LogP contribution in [0.1, 0.15) is 5.56 Å². The van der Waals surface area contributed by atoms with Crippen molar-refractivity contribution in [2.45, 2.75) is 0 Å². The molecule has 3 rings (SSSR count). The molecule has 0 radical (unpaired) electrons. The van der Waals surface area contributed by atoms with E-state index in [2.05, 4.69) is 26.2 Å². The zero-order valence-corrected chi connectivity index (χ0v) is 17.0. The van der Waals surface area contributed by atoms with Gasteiger partial charge in [-0.2, -0.15) is 0 Å². The minimum atomic E-state index is -0.595. The van der Waals surface area contributed by atoms with Gasteiger partial charge < -0.3 is 10.4 Å².